The Morgan fingerprint density at radius 1 is 1.09 bits per heavy atom. The van der Waals surface area contributed by atoms with Crippen molar-refractivity contribution in [3.8, 4) is 0 Å². The number of benzene rings is 1. The van der Waals surface area contributed by atoms with Crippen molar-refractivity contribution in [1.29, 1.82) is 0 Å². The number of hydrogen-bond donors (Lipinski definition) is 1. The van der Waals surface area contributed by atoms with Crippen LogP contribution in [0.1, 0.15) is 12.5 Å². The second-order valence-electron chi connectivity index (χ2n) is 5.46. The van der Waals surface area contributed by atoms with Gasteiger partial charge in [0.15, 0.2) is 0 Å². The van der Waals surface area contributed by atoms with Crippen molar-refractivity contribution in [1.82, 2.24) is 14.9 Å². The van der Waals surface area contributed by atoms with Gasteiger partial charge in [0.05, 0.1) is 0 Å². The molecule has 1 fully saturated rings. The first-order chi connectivity index (χ1) is 11.3. The van der Waals surface area contributed by atoms with Crippen LogP contribution in [0.5, 0.6) is 0 Å². The van der Waals surface area contributed by atoms with E-state index in [0.29, 0.717) is 13.1 Å². The molecule has 6 heteroatoms. The third kappa shape index (κ3) is 3.59. The number of para-hydroxylation sites is 1. The monoisotopic (exact) mass is 311 g/mol. The molecule has 0 unspecified atom stereocenters. The summed E-state index contributed by atoms with van der Waals surface area (Å²) in [7, 11) is 0. The first-order valence-corrected chi connectivity index (χ1v) is 7.93. The second kappa shape index (κ2) is 7.09. The van der Waals surface area contributed by atoms with Gasteiger partial charge in [0.2, 0.25) is 5.95 Å². The Kier molecular flexibility index (Phi) is 4.71. The standard InChI is InChI=1S/C17H21N5O/c1-2-14-6-3-4-7-15(14)20-17(23)22-12-10-21(11-13-22)16-18-8-5-9-19-16/h3-9H,2,10-13H2,1H3,(H,20,23). The van der Waals surface area contributed by atoms with E-state index in [9.17, 15) is 4.79 Å². The summed E-state index contributed by atoms with van der Waals surface area (Å²) in [6, 6.07) is 9.69. The van der Waals surface area contributed by atoms with Gasteiger partial charge in [-0.15, -0.1) is 0 Å². The molecule has 1 saturated heterocycles. The predicted molar refractivity (Wildman–Crippen MR) is 90.7 cm³/mol. The third-order valence-electron chi connectivity index (χ3n) is 4.04. The summed E-state index contributed by atoms with van der Waals surface area (Å²) in [5, 5.41) is 3.02. The Morgan fingerprint density at radius 2 is 1.78 bits per heavy atom. The molecule has 120 valence electrons. The van der Waals surface area contributed by atoms with E-state index in [4.69, 9.17) is 0 Å². The largest absolute Gasteiger partial charge is 0.337 e. The van der Waals surface area contributed by atoms with Crippen LogP contribution in [0, 0.1) is 0 Å². The number of rotatable bonds is 3. The lowest BCUT2D eigenvalue weighted by atomic mass is 10.1. The number of carbonyl (C=O) groups excluding carboxylic acids is 1. The quantitative estimate of drug-likeness (QED) is 0.945. The maximum atomic E-state index is 12.4. The van der Waals surface area contributed by atoms with Crippen LogP contribution in [-0.2, 0) is 6.42 Å². The molecule has 0 aliphatic carbocycles. The molecule has 0 bridgehead atoms. The Hall–Kier alpha value is -2.63. The van der Waals surface area contributed by atoms with E-state index < -0.39 is 0 Å². The number of nitrogens with zero attached hydrogens (tertiary/aromatic N) is 4. The molecule has 23 heavy (non-hydrogen) atoms. The number of urea groups is 1. The number of hydrogen-bond acceptors (Lipinski definition) is 4. The number of piperazine rings is 1. The predicted octanol–water partition coefficient (Wildman–Crippen LogP) is 2.39. The summed E-state index contributed by atoms with van der Waals surface area (Å²) in [4.78, 5) is 24.9. The van der Waals surface area contributed by atoms with Crippen molar-refractivity contribution in [2.24, 2.45) is 0 Å². The highest BCUT2D eigenvalue weighted by Crippen LogP contribution is 2.17. The fourth-order valence-corrected chi connectivity index (χ4v) is 2.71. The molecule has 1 aromatic carbocycles. The van der Waals surface area contributed by atoms with Gasteiger partial charge in [0.1, 0.15) is 0 Å². The summed E-state index contributed by atoms with van der Waals surface area (Å²) < 4.78 is 0. The van der Waals surface area contributed by atoms with Crippen molar-refractivity contribution in [3.63, 3.8) is 0 Å². The minimum absolute atomic E-state index is 0.0421. The van der Waals surface area contributed by atoms with E-state index in [0.717, 1.165) is 36.7 Å². The van der Waals surface area contributed by atoms with Gasteiger partial charge >= 0.3 is 6.03 Å². The van der Waals surface area contributed by atoms with E-state index >= 15 is 0 Å². The van der Waals surface area contributed by atoms with Crippen LogP contribution in [0.15, 0.2) is 42.7 Å². The van der Waals surface area contributed by atoms with Crippen LogP contribution in [-0.4, -0.2) is 47.1 Å². The molecule has 3 rings (SSSR count). The second-order valence-corrected chi connectivity index (χ2v) is 5.46. The van der Waals surface area contributed by atoms with Crippen LogP contribution < -0.4 is 10.2 Å². The van der Waals surface area contributed by atoms with Gasteiger partial charge in [-0.2, -0.15) is 0 Å². The van der Waals surface area contributed by atoms with E-state index in [1.165, 1.54) is 0 Å². The van der Waals surface area contributed by atoms with Crippen molar-refractivity contribution in [3.05, 3.63) is 48.3 Å². The van der Waals surface area contributed by atoms with Gasteiger partial charge in [-0.1, -0.05) is 25.1 Å². The topological polar surface area (TPSA) is 61.4 Å². The number of aryl methyl sites for hydroxylation is 1. The van der Waals surface area contributed by atoms with Gasteiger partial charge in [-0.3, -0.25) is 0 Å². The Labute approximate surface area is 136 Å². The Bertz CT molecular complexity index is 653. The van der Waals surface area contributed by atoms with E-state index in [1.807, 2.05) is 29.2 Å². The first-order valence-electron chi connectivity index (χ1n) is 7.93. The maximum absolute atomic E-state index is 12.4. The normalized spacial score (nSPS) is 14.7. The van der Waals surface area contributed by atoms with E-state index in [2.05, 4.69) is 27.1 Å². The summed E-state index contributed by atoms with van der Waals surface area (Å²) in [6.07, 6.45) is 4.38. The average Bonchev–Trinajstić information content (AvgIpc) is 2.63. The van der Waals surface area contributed by atoms with Gasteiger partial charge in [0, 0.05) is 44.3 Å². The Morgan fingerprint density at radius 3 is 2.48 bits per heavy atom. The lowest BCUT2D eigenvalue weighted by molar-refractivity contribution is 0.208. The molecule has 1 aliphatic heterocycles. The number of amides is 2. The molecule has 6 nitrogen and oxygen atoms in total. The highest BCUT2D eigenvalue weighted by molar-refractivity contribution is 5.90. The zero-order valence-electron chi connectivity index (χ0n) is 13.3. The number of nitrogens with one attached hydrogen (secondary N) is 1. The van der Waals surface area contributed by atoms with Crippen molar-refractivity contribution < 1.29 is 4.79 Å². The highest BCUT2D eigenvalue weighted by Gasteiger charge is 2.22. The average molecular weight is 311 g/mol. The molecule has 1 aromatic heterocycles. The summed E-state index contributed by atoms with van der Waals surface area (Å²) in [6.45, 7) is 4.90. The van der Waals surface area contributed by atoms with Gasteiger partial charge in [0.25, 0.3) is 0 Å². The number of aromatic nitrogens is 2. The number of carbonyl (C=O) groups is 1. The van der Waals surface area contributed by atoms with Crippen LogP contribution in [0.25, 0.3) is 0 Å². The van der Waals surface area contributed by atoms with Crippen LogP contribution in [0.2, 0.25) is 0 Å². The van der Waals surface area contributed by atoms with Crippen LogP contribution in [0.3, 0.4) is 0 Å². The lowest BCUT2D eigenvalue weighted by Gasteiger charge is -2.34. The van der Waals surface area contributed by atoms with Gasteiger partial charge < -0.3 is 15.1 Å². The van der Waals surface area contributed by atoms with Gasteiger partial charge in [-0.25, -0.2) is 14.8 Å². The van der Waals surface area contributed by atoms with Crippen molar-refractivity contribution in [2.75, 3.05) is 36.4 Å². The van der Waals surface area contributed by atoms with Crippen LogP contribution >= 0.6 is 0 Å². The smallest absolute Gasteiger partial charge is 0.321 e. The third-order valence-corrected chi connectivity index (χ3v) is 4.04. The molecule has 0 spiro atoms. The Balaban J connectivity index is 1.58. The fourth-order valence-electron chi connectivity index (χ4n) is 2.71. The minimum atomic E-state index is -0.0421. The molecular weight excluding hydrogens is 290 g/mol. The molecule has 1 N–H and O–H groups in total. The molecule has 0 saturated carbocycles. The zero-order chi connectivity index (χ0) is 16.1. The molecule has 1 aliphatic rings. The van der Waals surface area contributed by atoms with Crippen LogP contribution in [0.4, 0.5) is 16.4 Å². The highest BCUT2D eigenvalue weighted by atomic mass is 16.2. The molecule has 2 heterocycles. The molecular formula is C17H21N5O. The maximum Gasteiger partial charge on any atom is 0.321 e. The summed E-state index contributed by atoms with van der Waals surface area (Å²) in [5.41, 5.74) is 2.05. The minimum Gasteiger partial charge on any atom is -0.337 e. The summed E-state index contributed by atoms with van der Waals surface area (Å²) in [5.74, 6) is 0.726. The molecule has 2 aromatic rings. The molecule has 0 atom stereocenters. The van der Waals surface area contributed by atoms with Gasteiger partial charge in [-0.05, 0) is 24.1 Å². The first kappa shape index (κ1) is 15.3. The number of anilines is 2. The fraction of sp³-hybridized carbons (Fsp3) is 0.353. The van der Waals surface area contributed by atoms with E-state index in [1.54, 1.807) is 18.5 Å². The van der Waals surface area contributed by atoms with Crippen molar-refractivity contribution in [2.45, 2.75) is 13.3 Å². The molecule has 0 radical (unpaired) electrons. The van der Waals surface area contributed by atoms with Crippen molar-refractivity contribution >= 4 is 17.7 Å². The molecule has 2 amide bonds. The van der Waals surface area contributed by atoms with E-state index in [-0.39, 0.29) is 6.03 Å². The zero-order valence-corrected chi connectivity index (χ0v) is 13.3. The lowest BCUT2D eigenvalue weighted by Crippen LogP contribution is -2.50. The SMILES string of the molecule is CCc1ccccc1NC(=O)N1CCN(c2ncccn2)CC1. The summed E-state index contributed by atoms with van der Waals surface area (Å²) >= 11 is 0.